The molecule has 0 amide bonds. The molecular weight excluding hydrogens is 190 g/mol. The first-order valence-electron chi connectivity index (χ1n) is 3.78. The molecule has 2 N–H and O–H groups in total. The van der Waals surface area contributed by atoms with Crippen molar-refractivity contribution in [1.29, 1.82) is 0 Å². The summed E-state index contributed by atoms with van der Waals surface area (Å²) in [6.45, 7) is 0.403. The lowest BCUT2D eigenvalue weighted by Gasteiger charge is -2.04. The summed E-state index contributed by atoms with van der Waals surface area (Å²) < 4.78 is 4.90. The van der Waals surface area contributed by atoms with Crippen LogP contribution in [0.1, 0.15) is 5.56 Å². The van der Waals surface area contributed by atoms with Gasteiger partial charge in [0.2, 0.25) is 0 Å². The molecule has 0 heterocycles. The zero-order valence-corrected chi connectivity index (χ0v) is 7.95. The number of benzene rings is 1. The first kappa shape index (κ1) is 10.5. The summed E-state index contributed by atoms with van der Waals surface area (Å²) in [4.78, 5) is 0. The molecule has 0 aliphatic rings. The fourth-order valence-electron chi connectivity index (χ4n) is 1.07. The Morgan fingerprint density at radius 1 is 1.38 bits per heavy atom. The van der Waals surface area contributed by atoms with Gasteiger partial charge >= 0.3 is 7.12 Å². The third-order valence-corrected chi connectivity index (χ3v) is 1.81. The van der Waals surface area contributed by atoms with Gasteiger partial charge in [0.25, 0.3) is 0 Å². The first-order valence-corrected chi connectivity index (χ1v) is 4.15. The predicted molar refractivity (Wildman–Crippen MR) is 52.0 cm³/mol. The molecular formula is C8H10BClO3. The SMILES string of the molecule is COCc1cc(Cl)cc(B(O)O)c1. The van der Waals surface area contributed by atoms with Gasteiger partial charge in [-0.2, -0.15) is 0 Å². The van der Waals surface area contributed by atoms with Gasteiger partial charge in [-0.3, -0.25) is 0 Å². The normalized spacial score (nSPS) is 10.2. The maximum absolute atomic E-state index is 8.90. The van der Waals surface area contributed by atoms with Crippen LogP contribution in [0.2, 0.25) is 5.02 Å². The second kappa shape index (κ2) is 4.62. The monoisotopic (exact) mass is 200 g/mol. The van der Waals surface area contributed by atoms with Gasteiger partial charge in [-0.15, -0.1) is 0 Å². The summed E-state index contributed by atoms with van der Waals surface area (Å²) in [5.41, 5.74) is 1.19. The van der Waals surface area contributed by atoms with Crippen LogP contribution in [0.4, 0.5) is 0 Å². The van der Waals surface area contributed by atoms with Crippen LogP contribution in [-0.2, 0) is 11.3 Å². The summed E-state index contributed by atoms with van der Waals surface area (Å²) in [6, 6.07) is 4.86. The van der Waals surface area contributed by atoms with E-state index in [0.717, 1.165) is 5.56 Å². The number of ether oxygens (including phenoxy) is 1. The van der Waals surface area contributed by atoms with Crippen LogP contribution in [0.3, 0.4) is 0 Å². The zero-order chi connectivity index (χ0) is 9.84. The minimum Gasteiger partial charge on any atom is -0.423 e. The molecule has 0 radical (unpaired) electrons. The van der Waals surface area contributed by atoms with Gasteiger partial charge in [-0.25, -0.2) is 0 Å². The van der Waals surface area contributed by atoms with Crippen molar-refractivity contribution in [2.24, 2.45) is 0 Å². The lowest BCUT2D eigenvalue weighted by Crippen LogP contribution is -2.30. The van der Waals surface area contributed by atoms with E-state index in [1.807, 2.05) is 0 Å². The van der Waals surface area contributed by atoms with Gasteiger partial charge in [0.05, 0.1) is 6.61 Å². The molecule has 3 nitrogen and oxygen atoms in total. The Bertz CT molecular complexity index is 291. The second-order valence-corrected chi connectivity index (χ2v) is 3.14. The van der Waals surface area contributed by atoms with Crippen LogP contribution in [0.15, 0.2) is 18.2 Å². The van der Waals surface area contributed by atoms with E-state index in [4.69, 9.17) is 26.4 Å². The molecule has 1 rings (SSSR count). The van der Waals surface area contributed by atoms with Crippen LogP contribution in [0, 0.1) is 0 Å². The Balaban J connectivity index is 2.96. The molecule has 1 aromatic carbocycles. The largest absolute Gasteiger partial charge is 0.488 e. The Morgan fingerprint density at radius 3 is 2.62 bits per heavy atom. The van der Waals surface area contributed by atoms with E-state index in [-0.39, 0.29) is 0 Å². The summed E-state index contributed by atoms with van der Waals surface area (Å²) in [5, 5.41) is 18.3. The molecule has 0 bridgehead atoms. The predicted octanol–water partition coefficient (Wildman–Crippen LogP) is 0.166. The standard InChI is InChI=1S/C8H10BClO3/c1-13-5-6-2-7(9(11)12)4-8(10)3-6/h2-4,11-12H,5H2,1H3. The molecule has 0 unspecified atom stereocenters. The summed E-state index contributed by atoms with van der Waals surface area (Å²) >= 11 is 5.75. The van der Waals surface area contributed by atoms with Crippen molar-refractivity contribution in [2.45, 2.75) is 6.61 Å². The smallest absolute Gasteiger partial charge is 0.423 e. The lowest BCUT2D eigenvalue weighted by atomic mass is 9.80. The number of hydrogen-bond acceptors (Lipinski definition) is 3. The van der Waals surface area contributed by atoms with E-state index < -0.39 is 7.12 Å². The maximum atomic E-state index is 8.90. The minimum absolute atomic E-state index is 0.375. The highest BCUT2D eigenvalue weighted by Gasteiger charge is 2.12. The summed E-state index contributed by atoms with van der Waals surface area (Å²) in [5.74, 6) is 0. The van der Waals surface area contributed by atoms with E-state index in [2.05, 4.69) is 0 Å². The average molecular weight is 200 g/mol. The van der Waals surface area contributed by atoms with Gasteiger partial charge in [0.1, 0.15) is 0 Å². The first-order chi connectivity index (χ1) is 6.13. The van der Waals surface area contributed by atoms with E-state index in [1.54, 1.807) is 19.2 Å². The number of halogens is 1. The molecule has 0 atom stereocenters. The van der Waals surface area contributed by atoms with E-state index in [9.17, 15) is 0 Å². The van der Waals surface area contributed by atoms with Crippen molar-refractivity contribution in [3.05, 3.63) is 28.8 Å². The third kappa shape index (κ3) is 3.01. The summed E-state index contributed by atoms with van der Waals surface area (Å²) in [6.07, 6.45) is 0. The number of methoxy groups -OCH3 is 1. The fourth-order valence-corrected chi connectivity index (χ4v) is 1.34. The van der Waals surface area contributed by atoms with Crippen LogP contribution < -0.4 is 5.46 Å². The number of rotatable bonds is 3. The highest BCUT2D eigenvalue weighted by Crippen LogP contribution is 2.10. The molecule has 0 aliphatic heterocycles. The van der Waals surface area contributed by atoms with Crippen molar-refractivity contribution in [3.63, 3.8) is 0 Å². The van der Waals surface area contributed by atoms with E-state index in [0.29, 0.717) is 17.1 Å². The van der Waals surface area contributed by atoms with E-state index >= 15 is 0 Å². The molecule has 13 heavy (non-hydrogen) atoms. The van der Waals surface area contributed by atoms with Crippen molar-refractivity contribution >= 4 is 24.2 Å². The molecule has 0 saturated carbocycles. The van der Waals surface area contributed by atoms with Gasteiger partial charge in [-0.05, 0) is 23.2 Å². The molecule has 5 heteroatoms. The van der Waals surface area contributed by atoms with Crippen molar-refractivity contribution in [3.8, 4) is 0 Å². The molecule has 1 aromatic rings. The Morgan fingerprint density at radius 2 is 2.08 bits per heavy atom. The highest BCUT2D eigenvalue weighted by molar-refractivity contribution is 6.59. The van der Waals surface area contributed by atoms with Gasteiger partial charge in [0, 0.05) is 12.1 Å². The van der Waals surface area contributed by atoms with Crippen LogP contribution in [0.5, 0.6) is 0 Å². The quantitative estimate of drug-likeness (QED) is 0.684. The van der Waals surface area contributed by atoms with Crippen molar-refractivity contribution in [2.75, 3.05) is 7.11 Å². The van der Waals surface area contributed by atoms with Crippen LogP contribution in [-0.4, -0.2) is 24.3 Å². The average Bonchev–Trinajstić information content (AvgIpc) is 2.03. The zero-order valence-electron chi connectivity index (χ0n) is 7.20. The van der Waals surface area contributed by atoms with Gasteiger partial charge < -0.3 is 14.8 Å². The maximum Gasteiger partial charge on any atom is 0.488 e. The van der Waals surface area contributed by atoms with Gasteiger partial charge in [-0.1, -0.05) is 17.7 Å². The minimum atomic E-state index is -1.49. The second-order valence-electron chi connectivity index (χ2n) is 2.70. The molecule has 0 saturated heterocycles. The molecule has 70 valence electrons. The third-order valence-electron chi connectivity index (χ3n) is 1.59. The fraction of sp³-hybridized carbons (Fsp3) is 0.250. The van der Waals surface area contributed by atoms with Crippen molar-refractivity contribution in [1.82, 2.24) is 0 Å². The molecule has 0 fully saturated rings. The Labute approximate surface area is 82.1 Å². The van der Waals surface area contributed by atoms with Crippen LogP contribution >= 0.6 is 11.6 Å². The lowest BCUT2D eigenvalue weighted by molar-refractivity contribution is 0.185. The van der Waals surface area contributed by atoms with Crippen molar-refractivity contribution < 1.29 is 14.8 Å². The molecule has 0 aromatic heterocycles. The van der Waals surface area contributed by atoms with Gasteiger partial charge in [0.15, 0.2) is 0 Å². The Kier molecular flexibility index (Phi) is 3.75. The van der Waals surface area contributed by atoms with Crippen LogP contribution in [0.25, 0.3) is 0 Å². The molecule has 0 aliphatic carbocycles. The Hall–Kier alpha value is -0.545. The topological polar surface area (TPSA) is 49.7 Å². The molecule has 0 spiro atoms. The number of hydrogen-bond donors (Lipinski definition) is 2. The summed E-state index contributed by atoms with van der Waals surface area (Å²) in [7, 11) is 0.0740. The van der Waals surface area contributed by atoms with E-state index in [1.165, 1.54) is 6.07 Å². The highest BCUT2D eigenvalue weighted by atomic mass is 35.5.